The fourth-order valence-electron chi connectivity index (χ4n) is 2.08. The van der Waals surface area contributed by atoms with Crippen molar-refractivity contribution in [1.82, 2.24) is 0 Å². The van der Waals surface area contributed by atoms with Crippen molar-refractivity contribution in [3.63, 3.8) is 0 Å². The first-order valence-electron chi connectivity index (χ1n) is 6.62. The lowest BCUT2D eigenvalue weighted by Gasteiger charge is -2.17. The first-order valence-corrected chi connectivity index (χ1v) is 6.62. The van der Waals surface area contributed by atoms with E-state index in [1.165, 1.54) is 36.9 Å². The summed E-state index contributed by atoms with van der Waals surface area (Å²) in [7, 11) is 0. The van der Waals surface area contributed by atoms with Crippen molar-refractivity contribution in [2.24, 2.45) is 0 Å². The van der Waals surface area contributed by atoms with Gasteiger partial charge in [0.05, 0.1) is 0 Å². The highest BCUT2D eigenvalue weighted by Crippen LogP contribution is 2.27. The van der Waals surface area contributed by atoms with Crippen LogP contribution in [0.2, 0.25) is 0 Å². The lowest BCUT2D eigenvalue weighted by atomic mass is 9.95. The molecular weight excluding hydrogens is 194 g/mol. The van der Waals surface area contributed by atoms with E-state index >= 15 is 0 Å². The summed E-state index contributed by atoms with van der Waals surface area (Å²) in [6, 6.07) is 8.73. The molecule has 0 aromatic heterocycles. The zero-order chi connectivity index (χ0) is 11.8. The molecule has 1 heteroatoms. The molecule has 0 saturated heterocycles. The SMILES string of the molecule is CCCCNc1ccccc1C(C)CCC. The molecule has 0 heterocycles. The highest BCUT2D eigenvalue weighted by molar-refractivity contribution is 5.52. The van der Waals surface area contributed by atoms with Crippen molar-refractivity contribution < 1.29 is 0 Å². The number of hydrogen-bond acceptors (Lipinski definition) is 1. The van der Waals surface area contributed by atoms with Crippen LogP contribution in [0.3, 0.4) is 0 Å². The van der Waals surface area contributed by atoms with Crippen LogP contribution in [0.4, 0.5) is 5.69 Å². The van der Waals surface area contributed by atoms with Gasteiger partial charge < -0.3 is 5.32 Å². The summed E-state index contributed by atoms with van der Waals surface area (Å²) in [5, 5.41) is 3.55. The number of anilines is 1. The summed E-state index contributed by atoms with van der Waals surface area (Å²) in [5.74, 6) is 0.662. The van der Waals surface area contributed by atoms with Gasteiger partial charge in [0.2, 0.25) is 0 Å². The number of para-hydroxylation sites is 1. The van der Waals surface area contributed by atoms with Crippen molar-refractivity contribution in [2.75, 3.05) is 11.9 Å². The lowest BCUT2D eigenvalue weighted by Crippen LogP contribution is -2.05. The number of hydrogen-bond donors (Lipinski definition) is 1. The topological polar surface area (TPSA) is 12.0 Å². The van der Waals surface area contributed by atoms with Crippen molar-refractivity contribution in [1.29, 1.82) is 0 Å². The van der Waals surface area contributed by atoms with Gasteiger partial charge in [-0.1, -0.05) is 51.8 Å². The van der Waals surface area contributed by atoms with E-state index in [4.69, 9.17) is 0 Å². The Morgan fingerprint density at radius 3 is 2.56 bits per heavy atom. The van der Waals surface area contributed by atoms with Crippen LogP contribution >= 0.6 is 0 Å². The molecule has 1 atom stereocenters. The summed E-state index contributed by atoms with van der Waals surface area (Å²) < 4.78 is 0. The van der Waals surface area contributed by atoms with Gasteiger partial charge in [0.25, 0.3) is 0 Å². The molecule has 0 amide bonds. The van der Waals surface area contributed by atoms with Gasteiger partial charge in [-0.2, -0.15) is 0 Å². The smallest absolute Gasteiger partial charge is 0.0375 e. The highest BCUT2D eigenvalue weighted by Gasteiger charge is 2.08. The quantitative estimate of drug-likeness (QED) is 0.649. The van der Waals surface area contributed by atoms with E-state index in [-0.39, 0.29) is 0 Å². The summed E-state index contributed by atoms with van der Waals surface area (Å²) in [4.78, 5) is 0. The zero-order valence-electron chi connectivity index (χ0n) is 10.9. The maximum absolute atomic E-state index is 3.55. The molecule has 90 valence electrons. The molecule has 0 radical (unpaired) electrons. The third-order valence-corrected chi connectivity index (χ3v) is 3.06. The van der Waals surface area contributed by atoms with Crippen LogP contribution in [-0.4, -0.2) is 6.54 Å². The Kier molecular flexibility index (Phi) is 5.99. The molecule has 16 heavy (non-hydrogen) atoms. The molecule has 0 aliphatic carbocycles. The molecule has 0 spiro atoms. The Morgan fingerprint density at radius 1 is 1.12 bits per heavy atom. The fourth-order valence-corrected chi connectivity index (χ4v) is 2.08. The molecule has 0 aliphatic heterocycles. The standard InChI is InChI=1S/C15H25N/c1-4-6-12-16-15-11-8-7-10-14(15)13(3)9-5-2/h7-8,10-11,13,16H,4-6,9,12H2,1-3H3. The highest BCUT2D eigenvalue weighted by atomic mass is 14.9. The normalized spacial score (nSPS) is 12.4. The summed E-state index contributed by atoms with van der Waals surface area (Å²) in [6.07, 6.45) is 5.02. The Labute approximate surface area is 100 Å². The predicted molar refractivity (Wildman–Crippen MR) is 73.2 cm³/mol. The van der Waals surface area contributed by atoms with Gasteiger partial charge >= 0.3 is 0 Å². The van der Waals surface area contributed by atoms with Crippen LogP contribution in [0.15, 0.2) is 24.3 Å². The lowest BCUT2D eigenvalue weighted by molar-refractivity contribution is 0.665. The summed E-state index contributed by atoms with van der Waals surface area (Å²) >= 11 is 0. The van der Waals surface area contributed by atoms with Crippen LogP contribution in [0.5, 0.6) is 0 Å². The van der Waals surface area contributed by atoms with Gasteiger partial charge in [-0.15, -0.1) is 0 Å². The van der Waals surface area contributed by atoms with E-state index in [1.54, 1.807) is 0 Å². The predicted octanol–water partition coefficient (Wildman–Crippen LogP) is 4.80. The minimum atomic E-state index is 0.662. The van der Waals surface area contributed by atoms with Crippen molar-refractivity contribution in [2.45, 2.75) is 52.4 Å². The molecule has 0 saturated carbocycles. The van der Waals surface area contributed by atoms with E-state index in [0.717, 1.165) is 6.54 Å². The zero-order valence-corrected chi connectivity index (χ0v) is 10.9. The third-order valence-electron chi connectivity index (χ3n) is 3.06. The van der Waals surface area contributed by atoms with E-state index in [2.05, 4.69) is 50.4 Å². The fraction of sp³-hybridized carbons (Fsp3) is 0.600. The van der Waals surface area contributed by atoms with Gasteiger partial charge in [0, 0.05) is 12.2 Å². The summed E-state index contributed by atoms with van der Waals surface area (Å²) in [5.41, 5.74) is 2.80. The second-order valence-electron chi connectivity index (χ2n) is 4.56. The Morgan fingerprint density at radius 2 is 1.88 bits per heavy atom. The maximum atomic E-state index is 3.55. The largest absolute Gasteiger partial charge is 0.385 e. The van der Waals surface area contributed by atoms with Crippen molar-refractivity contribution in [3.8, 4) is 0 Å². The number of benzene rings is 1. The minimum absolute atomic E-state index is 0.662. The van der Waals surface area contributed by atoms with Crippen LogP contribution < -0.4 is 5.32 Å². The number of unbranched alkanes of at least 4 members (excludes halogenated alkanes) is 1. The monoisotopic (exact) mass is 219 g/mol. The van der Waals surface area contributed by atoms with E-state index in [1.807, 2.05) is 0 Å². The van der Waals surface area contributed by atoms with E-state index in [0.29, 0.717) is 5.92 Å². The molecule has 1 unspecified atom stereocenters. The second-order valence-corrected chi connectivity index (χ2v) is 4.56. The average molecular weight is 219 g/mol. The van der Waals surface area contributed by atoms with Gasteiger partial charge in [-0.05, 0) is 30.4 Å². The van der Waals surface area contributed by atoms with Crippen LogP contribution in [-0.2, 0) is 0 Å². The van der Waals surface area contributed by atoms with Crippen LogP contribution in [0.1, 0.15) is 57.9 Å². The molecule has 0 aliphatic rings. The summed E-state index contributed by atoms with van der Waals surface area (Å²) in [6.45, 7) is 7.90. The Balaban J connectivity index is 2.67. The van der Waals surface area contributed by atoms with E-state index in [9.17, 15) is 0 Å². The minimum Gasteiger partial charge on any atom is -0.385 e. The molecule has 1 aromatic rings. The van der Waals surface area contributed by atoms with Crippen molar-refractivity contribution in [3.05, 3.63) is 29.8 Å². The third kappa shape index (κ3) is 3.88. The number of rotatable bonds is 7. The molecular formula is C15H25N. The first kappa shape index (κ1) is 13.1. The Bertz CT molecular complexity index is 293. The average Bonchev–Trinajstić information content (AvgIpc) is 2.30. The van der Waals surface area contributed by atoms with Crippen LogP contribution in [0, 0.1) is 0 Å². The van der Waals surface area contributed by atoms with Gasteiger partial charge in [0.1, 0.15) is 0 Å². The van der Waals surface area contributed by atoms with Crippen LogP contribution in [0.25, 0.3) is 0 Å². The second kappa shape index (κ2) is 7.32. The number of nitrogens with one attached hydrogen (secondary N) is 1. The Hall–Kier alpha value is -0.980. The molecule has 1 N–H and O–H groups in total. The molecule has 0 fully saturated rings. The molecule has 0 bridgehead atoms. The van der Waals surface area contributed by atoms with Gasteiger partial charge in [0.15, 0.2) is 0 Å². The van der Waals surface area contributed by atoms with E-state index < -0.39 is 0 Å². The maximum Gasteiger partial charge on any atom is 0.0375 e. The first-order chi connectivity index (χ1) is 7.79. The van der Waals surface area contributed by atoms with Gasteiger partial charge in [-0.3, -0.25) is 0 Å². The molecule has 1 aromatic carbocycles. The molecule has 1 rings (SSSR count). The van der Waals surface area contributed by atoms with Gasteiger partial charge in [-0.25, -0.2) is 0 Å². The molecule has 1 nitrogen and oxygen atoms in total. The van der Waals surface area contributed by atoms with Crippen molar-refractivity contribution >= 4 is 5.69 Å².